The summed E-state index contributed by atoms with van der Waals surface area (Å²) in [5.74, 6) is -1.22. The molecule has 2 aromatic heterocycles. The quantitative estimate of drug-likeness (QED) is 0.913. The van der Waals surface area contributed by atoms with Gasteiger partial charge in [-0.1, -0.05) is 0 Å². The summed E-state index contributed by atoms with van der Waals surface area (Å²) >= 11 is 1.53. The van der Waals surface area contributed by atoms with Gasteiger partial charge in [-0.2, -0.15) is 0 Å². The van der Waals surface area contributed by atoms with Gasteiger partial charge >= 0.3 is 5.97 Å². The van der Waals surface area contributed by atoms with E-state index in [0.29, 0.717) is 18.5 Å². The van der Waals surface area contributed by atoms with Crippen molar-refractivity contribution in [3.05, 3.63) is 46.0 Å². The predicted octanol–water partition coefficient (Wildman–Crippen LogP) is 2.17. The summed E-state index contributed by atoms with van der Waals surface area (Å²) in [7, 11) is 0. The Labute approximate surface area is 113 Å². The van der Waals surface area contributed by atoms with Crippen molar-refractivity contribution < 1.29 is 19.1 Å². The smallest absolute Gasteiger partial charge is 0.331 e. The number of furan rings is 1. The van der Waals surface area contributed by atoms with Crippen LogP contribution in [-0.4, -0.2) is 28.4 Å². The molecule has 3 heterocycles. The molecule has 0 fully saturated rings. The van der Waals surface area contributed by atoms with Crippen molar-refractivity contribution in [3.63, 3.8) is 0 Å². The van der Waals surface area contributed by atoms with Gasteiger partial charge in [0.1, 0.15) is 0 Å². The van der Waals surface area contributed by atoms with Gasteiger partial charge in [-0.15, -0.1) is 11.3 Å². The standard InChI is InChI=1S/C13H11NO4S/c15-12(9-2-1-6-18-9)14-5-3-10-8(4-7-19-10)11(14)13(16)17/h1-2,4,6-7,11H,3,5H2,(H,16,17). The van der Waals surface area contributed by atoms with E-state index in [1.54, 1.807) is 18.2 Å². The van der Waals surface area contributed by atoms with Crippen LogP contribution in [0.4, 0.5) is 0 Å². The topological polar surface area (TPSA) is 70.8 Å². The second-order valence-electron chi connectivity index (χ2n) is 4.27. The van der Waals surface area contributed by atoms with E-state index in [1.807, 2.05) is 5.38 Å². The number of thiophene rings is 1. The summed E-state index contributed by atoms with van der Waals surface area (Å²) in [6, 6.07) is 4.01. The van der Waals surface area contributed by atoms with Crippen LogP contribution in [0.3, 0.4) is 0 Å². The molecule has 19 heavy (non-hydrogen) atoms. The zero-order valence-corrected chi connectivity index (χ0v) is 10.7. The molecule has 0 bridgehead atoms. The number of carboxylic acids is 1. The summed E-state index contributed by atoms with van der Waals surface area (Å²) in [5.41, 5.74) is 0.712. The van der Waals surface area contributed by atoms with Crippen LogP contribution in [0, 0.1) is 0 Å². The van der Waals surface area contributed by atoms with Gasteiger partial charge in [0.25, 0.3) is 5.91 Å². The molecular formula is C13H11NO4S. The highest BCUT2D eigenvalue weighted by atomic mass is 32.1. The number of carbonyl (C=O) groups is 2. The average Bonchev–Trinajstić information content (AvgIpc) is 3.06. The normalized spacial score (nSPS) is 18.1. The Kier molecular flexibility index (Phi) is 2.87. The van der Waals surface area contributed by atoms with Crippen molar-refractivity contribution in [2.45, 2.75) is 12.5 Å². The lowest BCUT2D eigenvalue weighted by Crippen LogP contribution is -2.42. The number of hydrogen-bond acceptors (Lipinski definition) is 4. The molecule has 0 aliphatic carbocycles. The second kappa shape index (κ2) is 4.55. The number of rotatable bonds is 2. The highest BCUT2D eigenvalue weighted by Crippen LogP contribution is 2.34. The van der Waals surface area contributed by atoms with E-state index < -0.39 is 12.0 Å². The van der Waals surface area contributed by atoms with E-state index in [-0.39, 0.29) is 11.7 Å². The maximum Gasteiger partial charge on any atom is 0.331 e. The van der Waals surface area contributed by atoms with Crippen LogP contribution >= 0.6 is 11.3 Å². The third-order valence-corrected chi connectivity index (χ3v) is 4.19. The third-order valence-electron chi connectivity index (χ3n) is 3.19. The number of amides is 1. The van der Waals surface area contributed by atoms with Gasteiger partial charge in [-0.25, -0.2) is 4.79 Å². The number of carbonyl (C=O) groups excluding carboxylic acids is 1. The van der Waals surface area contributed by atoms with E-state index in [9.17, 15) is 14.7 Å². The van der Waals surface area contributed by atoms with Gasteiger partial charge in [0.15, 0.2) is 11.8 Å². The van der Waals surface area contributed by atoms with Crippen molar-refractivity contribution in [1.82, 2.24) is 4.90 Å². The van der Waals surface area contributed by atoms with Gasteiger partial charge < -0.3 is 14.4 Å². The molecular weight excluding hydrogens is 266 g/mol. The lowest BCUT2D eigenvalue weighted by molar-refractivity contribution is -0.143. The molecule has 1 unspecified atom stereocenters. The van der Waals surface area contributed by atoms with Crippen molar-refractivity contribution in [3.8, 4) is 0 Å². The largest absolute Gasteiger partial charge is 0.479 e. The SMILES string of the molecule is O=C(O)C1c2ccsc2CCN1C(=O)c1ccco1. The zero-order chi connectivity index (χ0) is 13.4. The molecule has 3 rings (SSSR count). The Morgan fingerprint density at radius 3 is 2.95 bits per heavy atom. The van der Waals surface area contributed by atoms with Crippen LogP contribution in [0.25, 0.3) is 0 Å². The maximum absolute atomic E-state index is 12.3. The van der Waals surface area contributed by atoms with Gasteiger partial charge in [0.05, 0.1) is 6.26 Å². The number of fused-ring (bicyclic) bond motifs is 1. The van der Waals surface area contributed by atoms with Gasteiger partial charge in [0.2, 0.25) is 0 Å². The highest BCUT2D eigenvalue weighted by Gasteiger charge is 2.37. The van der Waals surface area contributed by atoms with Crippen LogP contribution in [0.5, 0.6) is 0 Å². The van der Waals surface area contributed by atoms with Crippen molar-refractivity contribution in [2.75, 3.05) is 6.54 Å². The molecule has 0 aromatic carbocycles. The average molecular weight is 277 g/mol. The fraction of sp³-hybridized carbons (Fsp3) is 0.231. The van der Waals surface area contributed by atoms with Crippen LogP contribution in [-0.2, 0) is 11.2 Å². The summed E-state index contributed by atoms with van der Waals surface area (Å²) in [6.45, 7) is 0.393. The zero-order valence-electron chi connectivity index (χ0n) is 9.91. The number of hydrogen-bond donors (Lipinski definition) is 1. The summed E-state index contributed by atoms with van der Waals surface area (Å²) in [6.07, 6.45) is 2.09. The van der Waals surface area contributed by atoms with Crippen LogP contribution < -0.4 is 0 Å². The molecule has 98 valence electrons. The molecule has 6 heteroatoms. The van der Waals surface area contributed by atoms with Crippen molar-refractivity contribution in [2.24, 2.45) is 0 Å². The van der Waals surface area contributed by atoms with E-state index in [1.165, 1.54) is 22.5 Å². The van der Waals surface area contributed by atoms with Gasteiger partial charge in [-0.3, -0.25) is 4.79 Å². The number of nitrogens with zero attached hydrogens (tertiary/aromatic N) is 1. The van der Waals surface area contributed by atoms with Crippen molar-refractivity contribution in [1.29, 1.82) is 0 Å². The Morgan fingerprint density at radius 2 is 2.26 bits per heavy atom. The lowest BCUT2D eigenvalue weighted by Gasteiger charge is -2.32. The monoisotopic (exact) mass is 277 g/mol. The minimum atomic E-state index is -1.01. The molecule has 1 aliphatic heterocycles. The lowest BCUT2D eigenvalue weighted by atomic mass is 10.00. The number of aliphatic carboxylic acids is 1. The molecule has 0 spiro atoms. The molecule has 2 aromatic rings. The Hall–Kier alpha value is -2.08. The van der Waals surface area contributed by atoms with Crippen LogP contribution in [0.15, 0.2) is 34.3 Å². The van der Waals surface area contributed by atoms with Gasteiger partial charge in [0, 0.05) is 11.4 Å². The minimum absolute atomic E-state index is 0.171. The Morgan fingerprint density at radius 1 is 1.42 bits per heavy atom. The van der Waals surface area contributed by atoms with Crippen LogP contribution in [0.1, 0.15) is 27.0 Å². The minimum Gasteiger partial charge on any atom is -0.479 e. The molecule has 0 saturated heterocycles. The van der Waals surface area contributed by atoms with E-state index in [2.05, 4.69) is 0 Å². The Balaban J connectivity index is 1.98. The molecule has 1 aliphatic rings. The summed E-state index contributed by atoms with van der Waals surface area (Å²) < 4.78 is 5.06. The molecule has 0 saturated carbocycles. The highest BCUT2D eigenvalue weighted by molar-refractivity contribution is 7.10. The van der Waals surface area contributed by atoms with Crippen molar-refractivity contribution >= 4 is 23.2 Å². The number of carboxylic acid groups (broad SMARTS) is 1. The first-order valence-electron chi connectivity index (χ1n) is 5.82. The fourth-order valence-electron chi connectivity index (χ4n) is 2.34. The van der Waals surface area contributed by atoms with E-state index in [0.717, 1.165) is 4.88 Å². The molecule has 1 amide bonds. The molecule has 0 radical (unpaired) electrons. The molecule has 5 nitrogen and oxygen atoms in total. The third kappa shape index (κ3) is 1.94. The Bertz CT molecular complexity index is 616. The molecule has 1 N–H and O–H groups in total. The molecule has 1 atom stereocenters. The summed E-state index contributed by atoms with van der Waals surface area (Å²) in [5, 5.41) is 11.3. The first-order valence-corrected chi connectivity index (χ1v) is 6.70. The first kappa shape index (κ1) is 12.0. The second-order valence-corrected chi connectivity index (χ2v) is 5.27. The summed E-state index contributed by atoms with van der Waals surface area (Å²) in [4.78, 5) is 26.2. The van der Waals surface area contributed by atoms with E-state index in [4.69, 9.17) is 4.42 Å². The van der Waals surface area contributed by atoms with E-state index >= 15 is 0 Å². The fourth-order valence-corrected chi connectivity index (χ4v) is 3.25. The van der Waals surface area contributed by atoms with Crippen LogP contribution in [0.2, 0.25) is 0 Å². The predicted molar refractivity (Wildman–Crippen MR) is 68.1 cm³/mol. The van der Waals surface area contributed by atoms with Gasteiger partial charge in [-0.05, 0) is 35.6 Å². The first-order chi connectivity index (χ1) is 9.18. The maximum atomic E-state index is 12.3.